The number of thiazole rings is 1. The quantitative estimate of drug-likeness (QED) is 0.723. The maximum atomic E-state index is 4.66. The van der Waals surface area contributed by atoms with Crippen LogP contribution in [0.2, 0.25) is 0 Å². The number of hydrogen-bond acceptors (Lipinski definition) is 6. The van der Waals surface area contributed by atoms with Crippen molar-refractivity contribution in [3.05, 3.63) is 53.7 Å². The summed E-state index contributed by atoms with van der Waals surface area (Å²) in [7, 11) is 0. The first kappa shape index (κ1) is 14.1. The highest BCUT2D eigenvalue weighted by molar-refractivity contribution is 7.13. The van der Waals surface area contributed by atoms with E-state index in [1.165, 1.54) is 12.8 Å². The molecule has 4 rings (SSSR count). The smallest absolute Gasteiger partial charge is 0.224 e. The van der Waals surface area contributed by atoms with E-state index in [-0.39, 0.29) is 0 Å². The van der Waals surface area contributed by atoms with Crippen molar-refractivity contribution < 1.29 is 0 Å². The fourth-order valence-corrected chi connectivity index (χ4v) is 3.06. The van der Waals surface area contributed by atoms with E-state index in [2.05, 4.69) is 43.1 Å². The van der Waals surface area contributed by atoms with Gasteiger partial charge in [0.1, 0.15) is 10.8 Å². The second-order valence-corrected chi connectivity index (χ2v) is 6.41. The first-order chi connectivity index (χ1) is 11.4. The number of aromatic nitrogens is 3. The normalized spacial score (nSPS) is 13.7. The van der Waals surface area contributed by atoms with Crippen LogP contribution in [0.4, 0.5) is 11.8 Å². The second-order valence-electron chi connectivity index (χ2n) is 5.55. The lowest BCUT2D eigenvalue weighted by Gasteiger charge is -2.06. The van der Waals surface area contributed by atoms with E-state index >= 15 is 0 Å². The topological polar surface area (TPSA) is 62.7 Å². The third-order valence-electron chi connectivity index (χ3n) is 3.59. The van der Waals surface area contributed by atoms with E-state index < -0.39 is 0 Å². The Morgan fingerprint density at radius 1 is 1.09 bits per heavy atom. The highest BCUT2D eigenvalue weighted by Crippen LogP contribution is 2.25. The summed E-state index contributed by atoms with van der Waals surface area (Å²) < 4.78 is 0. The maximum Gasteiger partial charge on any atom is 0.224 e. The fourth-order valence-electron chi connectivity index (χ4n) is 2.23. The van der Waals surface area contributed by atoms with Gasteiger partial charge in [0.2, 0.25) is 5.95 Å². The van der Waals surface area contributed by atoms with Gasteiger partial charge in [-0.2, -0.15) is 4.98 Å². The highest BCUT2D eigenvalue weighted by Gasteiger charge is 2.21. The minimum atomic E-state index is 0.588. The molecule has 2 N–H and O–H groups in total. The summed E-state index contributed by atoms with van der Waals surface area (Å²) in [5.74, 6) is 1.51. The van der Waals surface area contributed by atoms with E-state index in [9.17, 15) is 0 Å². The molecule has 0 amide bonds. The van der Waals surface area contributed by atoms with E-state index in [0.717, 1.165) is 22.1 Å². The number of hydrogen-bond donors (Lipinski definition) is 2. The summed E-state index contributed by atoms with van der Waals surface area (Å²) in [6.45, 7) is 0.621. The Labute approximate surface area is 138 Å². The summed E-state index contributed by atoms with van der Waals surface area (Å²) in [6.07, 6.45) is 4.23. The molecular formula is C17H17N5S. The molecule has 1 saturated carbocycles. The van der Waals surface area contributed by atoms with Crippen molar-refractivity contribution in [1.29, 1.82) is 0 Å². The van der Waals surface area contributed by atoms with Crippen LogP contribution in [0.15, 0.2) is 48.0 Å². The van der Waals surface area contributed by atoms with Crippen LogP contribution in [0.5, 0.6) is 0 Å². The van der Waals surface area contributed by atoms with Gasteiger partial charge in [-0.3, -0.25) is 0 Å². The van der Waals surface area contributed by atoms with Crippen LogP contribution < -0.4 is 10.6 Å². The zero-order chi connectivity index (χ0) is 15.5. The van der Waals surface area contributed by atoms with Crippen LogP contribution in [0, 0.1) is 0 Å². The van der Waals surface area contributed by atoms with Gasteiger partial charge >= 0.3 is 0 Å². The Morgan fingerprint density at radius 2 is 1.96 bits per heavy atom. The standard InChI is InChI=1S/C17H17N5S/c1-2-4-12(5-3-1)16-21-14(11-23-16)10-19-17-18-9-8-15(22-17)20-13-6-7-13/h1-5,8-9,11,13H,6-7,10H2,(H2,18,19,20,22). The van der Waals surface area contributed by atoms with E-state index in [1.807, 2.05) is 24.3 Å². The Balaban J connectivity index is 1.40. The molecule has 0 aliphatic heterocycles. The molecule has 1 fully saturated rings. The fraction of sp³-hybridized carbons (Fsp3) is 0.235. The molecule has 0 radical (unpaired) electrons. The van der Waals surface area contributed by atoms with Gasteiger partial charge in [-0.05, 0) is 18.9 Å². The molecule has 0 spiro atoms. The number of rotatable bonds is 6. The molecule has 0 bridgehead atoms. The first-order valence-electron chi connectivity index (χ1n) is 7.70. The number of anilines is 2. The van der Waals surface area contributed by atoms with E-state index in [1.54, 1.807) is 17.5 Å². The van der Waals surface area contributed by atoms with Gasteiger partial charge in [-0.25, -0.2) is 9.97 Å². The molecule has 6 heteroatoms. The Kier molecular flexibility index (Phi) is 3.90. The summed E-state index contributed by atoms with van der Waals surface area (Å²) >= 11 is 1.65. The molecular weight excluding hydrogens is 306 g/mol. The molecule has 5 nitrogen and oxygen atoms in total. The van der Waals surface area contributed by atoms with Crippen LogP contribution in [0.3, 0.4) is 0 Å². The van der Waals surface area contributed by atoms with Crippen molar-refractivity contribution in [3.8, 4) is 10.6 Å². The molecule has 1 aromatic carbocycles. The predicted molar refractivity (Wildman–Crippen MR) is 93.6 cm³/mol. The Hall–Kier alpha value is -2.47. The van der Waals surface area contributed by atoms with Gasteiger partial charge in [0.05, 0.1) is 12.2 Å². The maximum absolute atomic E-state index is 4.66. The van der Waals surface area contributed by atoms with Crippen LogP contribution in [-0.4, -0.2) is 21.0 Å². The zero-order valence-electron chi connectivity index (χ0n) is 12.6. The molecule has 116 valence electrons. The lowest BCUT2D eigenvalue weighted by atomic mass is 10.2. The van der Waals surface area contributed by atoms with Crippen molar-refractivity contribution in [3.63, 3.8) is 0 Å². The van der Waals surface area contributed by atoms with Gasteiger partial charge in [-0.15, -0.1) is 11.3 Å². The van der Waals surface area contributed by atoms with Gasteiger partial charge < -0.3 is 10.6 Å². The van der Waals surface area contributed by atoms with Crippen LogP contribution in [0.1, 0.15) is 18.5 Å². The molecule has 0 atom stereocenters. The first-order valence-corrected chi connectivity index (χ1v) is 8.58. The summed E-state index contributed by atoms with van der Waals surface area (Å²) in [5.41, 5.74) is 2.15. The van der Waals surface area contributed by atoms with Gasteiger partial charge in [-0.1, -0.05) is 30.3 Å². The van der Waals surface area contributed by atoms with Crippen LogP contribution in [0.25, 0.3) is 10.6 Å². The third kappa shape index (κ3) is 3.65. The minimum Gasteiger partial charge on any atom is -0.367 e. The Bertz CT molecular complexity index is 782. The lowest BCUT2D eigenvalue weighted by Crippen LogP contribution is -2.07. The van der Waals surface area contributed by atoms with Crippen molar-refractivity contribution in [1.82, 2.24) is 15.0 Å². The third-order valence-corrected chi connectivity index (χ3v) is 4.53. The zero-order valence-corrected chi connectivity index (χ0v) is 13.4. The van der Waals surface area contributed by atoms with Gasteiger partial charge in [0, 0.05) is 23.2 Å². The molecule has 2 heterocycles. The van der Waals surface area contributed by atoms with E-state index in [0.29, 0.717) is 18.5 Å². The number of benzene rings is 1. The van der Waals surface area contributed by atoms with Crippen molar-refractivity contribution in [2.75, 3.05) is 10.6 Å². The molecule has 0 saturated heterocycles. The summed E-state index contributed by atoms with van der Waals surface area (Å²) in [4.78, 5) is 13.4. The second kappa shape index (κ2) is 6.34. The molecule has 2 aromatic heterocycles. The van der Waals surface area contributed by atoms with E-state index in [4.69, 9.17) is 0 Å². The molecule has 1 aliphatic carbocycles. The van der Waals surface area contributed by atoms with Crippen molar-refractivity contribution in [2.24, 2.45) is 0 Å². The minimum absolute atomic E-state index is 0.588. The number of nitrogens with one attached hydrogen (secondary N) is 2. The molecule has 1 aliphatic rings. The Morgan fingerprint density at radius 3 is 2.78 bits per heavy atom. The molecule has 23 heavy (non-hydrogen) atoms. The SMILES string of the molecule is c1ccc(-c2nc(CNc3nccc(NC4CC4)n3)cs2)cc1. The summed E-state index contributed by atoms with van der Waals surface area (Å²) in [5, 5.41) is 9.72. The number of nitrogens with zero attached hydrogens (tertiary/aromatic N) is 3. The van der Waals surface area contributed by atoms with Crippen LogP contribution in [-0.2, 0) is 6.54 Å². The monoisotopic (exact) mass is 323 g/mol. The van der Waals surface area contributed by atoms with Crippen molar-refractivity contribution >= 4 is 23.1 Å². The predicted octanol–water partition coefficient (Wildman–Crippen LogP) is 3.79. The average Bonchev–Trinajstić information content (AvgIpc) is 3.28. The lowest BCUT2D eigenvalue weighted by molar-refractivity contribution is 1.01. The van der Waals surface area contributed by atoms with Gasteiger partial charge in [0.15, 0.2) is 0 Å². The largest absolute Gasteiger partial charge is 0.367 e. The van der Waals surface area contributed by atoms with Gasteiger partial charge in [0.25, 0.3) is 0 Å². The average molecular weight is 323 g/mol. The summed E-state index contributed by atoms with van der Waals surface area (Å²) in [6, 6.07) is 12.7. The van der Waals surface area contributed by atoms with Crippen molar-refractivity contribution in [2.45, 2.75) is 25.4 Å². The molecule has 0 unspecified atom stereocenters. The molecule has 3 aromatic rings. The highest BCUT2D eigenvalue weighted by atomic mass is 32.1. The van der Waals surface area contributed by atoms with Crippen LogP contribution >= 0.6 is 11.3 Å².